The number of nitriles is 1. The number of hydrogen-bond donors (Lipinski definition) is 1. The van der Waals surface area contributed by atoms with Gasteiger partial charge in [0.2, 0.25) is 0 Å². The Hall–Kier alpha value is -3.14. The van der Waals surface area contributed by atoms with Crippen molar-refractivity contribution in [3.8, 4) is 6.07 Å². The van der Waals surface area contributed by atoms with Crippen molar-refractivity contribution in [3.05, 3.63) is 75.7 Å². The number of carbonyl (C=O) groups is 1. The number of allylic oxidation sites excluding steroid dienone is 4. The Balaban J connectivity index is 1.65. The molecule has 3 heterocycles. The number of ether oxygens (including phenoxy) is 2. The van der Waals surface area contributed by atoms with Crippen molar-refractivity contribution < 1.29 is 14.3 Å². The number of nitrogens with one attached hydrogen (secondary N) is 1. The molecular weight excluding hydrogens is 402 g/mol. The molecule has 166 valence electrons. The Bertz CT molecular complexity index is 1090. The highest BCUT2D eigenvalue weighted by Crippen LogP contribution is 2.42. The summed E-state index contributed by atoms with van der Waals surface area (Å²) in [6.07, 6.45) is 3.69. The average Bonchev–Trinajstić information content (AvgIpc) is 3.23. The van der Waals surface area contributed by atoms with Gasteiger partial charge in [0.1, 0.15) is 11.4 Å². The van der Waals surface area contributed by atoms with Gasteiger partial charge in [-0.15, -0.1) is 0 Å². The molecule has 1 aromatic rings. The first kappa shape index (κ1) is 22.1. The molecule has 3 aliphatic heterocycles. The molecule has 4 rings (SSSR count). The fraction of sp³-hybridized carbons (Fsp3) is 0.385. The van der Waals surface area contributed by atoms with Crippen molar-refractivity contribution >= 4 is 11.5 Å². The first-order valence-corrected chi connectivity index (χ1v) is 10.9. The minimum Gasteiger partial charge on any atom is -0.482 e. The Labute approximate surface area is 189 Å². The SMILES string of the molecule is CC1=C(/C=C(\C)C#N)/C(=C2/C=C(c3ccc(CN4CCOCC4)cc3)C(C)(C)O2)C(=O)N1. The van der Waals surface area contributed by atoms with Gasteiger partial charge in [0.05, 0.1) is 24.9 Å². The summed E-state index contributed by atoms with van der Waals surface area (Å²) in [4.78, 5) is 15.1. The van der Waals surface area contributed by atoms with Gasteiger partial charge in [-0.25, -0.2) is 0 Å². The summed E-state index contributed by atoms with van der Waals surface area (Å²) in [6, 6.07) is 10.7. The maximum Gasteiger partial charge on any atom is 0.259 e. The van der Waals surface area contributed by atoms with Gasteiger partial charge in [-0.2, -0.15) is 5.26 Å². The molecule has 0 spiro atoms. The van der Waals surface area contributed by atoms with Crippen LogP contribution in [0.15, 0.2) is 64.6 Å². The highest BCUT2D eigenvalue weighted by atomic mass is 16.5. The summed E-state index contributed by atoms with van der Waals surface area (Å²) in [6.45, 7) is 12.0. The van der Waals surface area contributed by atoms with E-state index in [1.54, 1.807) is 13.0 Å². The molecule has 1 saturated heterocycles. The Kier molecular flexibility index (Phi) is 6.05. The zero-order valence-corrected chi connectivity index (χ0v) is 19.1. The lowest BCUT2D eigenvalue weighted by atomic mass is 9.91. The van der Waals surface area contributed by atoms with Crippen molar-refractivity contribution in [3.63, 3.8) is 0 Å². The number of amides is 1. The third-order valence-electron chi connectivity index (χ3n) is 6.05. The van der Waals surface area contributed by atoms with Crippen LogP contribution in [0.25, 0.3) is 5.57 Å². The molecule has 0 unspecified atom stereocenters. The van der Waals surface area contributed by atoms with Crippen LogP contribution in [-0.4, -0.2) is 42.7 Å². The molecule has 6 heteroatoms. The van der Waals surface area contributed by atoms with Crippen LogP contribution in [0.3, 0.4) is 0 Å². The lowest BCUT2D eigenvalue weighted by molar-refractivity contribution is -0.116. The number of nitrogens with zero attached hydrogens (tertiary/aromatic N) is 2. The summed E-state index contributed by atoms with van der Waals surface area (Å²) in [7, 11) is 0. The molecule has 0 atom stereocenters. The molecule has 1 fully saturated rings. The summed E-state index contributed by atoms with van der Waals surface area (Å²) in [5.41, 5.74) is 5.22. The first-order chi connectivity index (χ1) is 15.3. The fourth-order valence-corrected chi connectivity index (χ4v) is 4.31. The maximum absolute atomic E-state index is 12.7. The summed E-state index contributed by atoms with van der Waals surface area (Å²) in [5, 5.41) is 12.0. The third-order valence-corrected chi connectivity index (χ3v) is 6.05. The summed E-state index contributed by atoms with van der Waals surface area (Å²) >= 11 is 0. The van der Waals surface area contributed by atoms with Crippen LogP contribution in [0.4, 0.5) is 0 Å². The van der Waals surface area contributed by atoms with Gasteiger partial charge in [0.25, 0.3) is 5.91 Å². The molecule has 0 bridgehead atoms. The fourth-order valence-electron chi connectivity index (χ4n) is 4.31. The second kappa shape index (κ2) is 8.78. The molecule has 0 radical (unpaired) electrons. The highest BCUT2D eigenvalue weighted by molar-refractivity contribution is 6.05. The van der Waals surface area contributed by atoms with Gasteiger partial charge in [-0.05, 0) is 51.0 Å². The second-order valence-electron chi connectivity index (χ2n) is 8.93. The first-order valence-electron chi connectivity index (χ1n) is 10.9. The topological polar surface area (TPSA) is 74.6 Å². The molecule has 32 heavy (non-hydrogen) atoms. The lowest BCUT2D eigenvalue weighted by Crippen LogP contribution is -2.35. The minimum absolute atomic E-state index is 0.205. The lowest BCUT2D eigenvalue weighted by Gasteiger charge is -2.27. The monoisotopic (exact) mass is 431 g/mol. The van der Waals surface area contributed by atoms with E-state index >= 15 is 0 Å². The van der Waals surface area contributed by atoms with E-state index in [1.807, 2.05) is 26.8 Å². The van der Waals surface area contributed by atoms with Crippen molar-refractivity contribution in [2.75, 3.05) is 26.3 Å². The average molecular weight is 432 g/mol. The molecule has 3 aliphatic rings. The van der Waals surface area contributed by atoms with E-state index in [4.69, 9.17) is 9.47 Å². The van der Waals surface area contributed by atoms with Crippen LogP contribution >= 0.6 is 0 Å². The van der Waals surface area contributed by atoms with E-state index in [9.17, 15) is 10.1 Å². The van der Waals surface area contributed by atoms with Crippen LogP contribution in [0.5, 0.6) is 0 Å². The zero-order valence-electron chi connectivity index (χ0n) is 19.1. The summed E-state index contributed by atoms with van der Waals surface area (Å²) in [5.74, 6) is 0.331. The standard InChI is InChI=1S/C26H29N3O3/c1-17(15-27)13-21-18(2)28-25(30)24(21)23-14-22(26(3,4)32-23)20-7-5-19(6-8-20)16-29-9-11-31-12-10-29/h5-8,13-14H,9-12,16H2,1-4H3,(H,28,30)/b17-13+,24-23+. The molecule has 0 aliphatic carbocycles. The summed E-state index contributed by atoms with van der Waals surface area (Å²) < 4.78 is 11.7. The van der Waals surface area contributed by atoms with Crippen LogP contribution in [0.2, 0.25) is 0 Å². The molecule has 1 amide bonds. The van der Waals surface area contributed by atoms with Gasteiger partial charge in [0.15, 0.2) is 0 Å². The van der Waals surface area contributed by atoms with Gasteiger partial charge in [0, 0.05) is 42.1 Å². The third kappa shape index (κ3) is 4.40. The number of hydrogen-bond acceptors (Lipinski definition) is 5. The van der Waals surface area contributed by atoms with Gasteiger partial charge in [-0.3, -0.25) is 9.69 Å². The predicted octanol–water partition coefficient (Wildman–Crippen LogP) is 3.84. The molecule has 6 nitrogen and oxygen atoms in total. The second-order valence-corrected chi connectivity index (χ2v) is 8.93. The number of rotatable bonds is 4. The predicted molar refractivity (Wildman–Crippen MR) is 123 cm³/mol. The van der Waals surface area contributed by atoms with Gasteiger partial charge < -0.3 is 14.8 Å². The quantitative estimate of drug-likeness (QED) is 0.579. The molecular formula is C26H29N3O3. The molecule has 0 saturated carbocycles. The maximum atomic E-state index is 12.7. The Morgan fingerprint density at radius 3 is 2.59 bits per heavy atom. The van der Waals surface area contributed by atoms with Crippen molar-refractivity contribution in [2.24, 2.45) is 0 Å². The largest absolute Gasteiger partial charge is 0.482 e. The number of morpholine rings is 1. The Morgan fingerprint density at radius 1 is 1.25 bits per heavy atom. The Morgan fingerprint density at radius 2 is 1.94 bits per heavy atom. The number of benzene rings is 1. The van der Waals surface area contributed by atoms with Crippen LogP contribution in [0.1, 0.15) is 38.8 Å². The van der Waals surface area contributed by atoms with Gasteiger partial charge >= 0.3 is 0 Å². The molecule has 1 N–H and O–H groups in total. The van der Waals surface area contributed by atoms with E-state index in [2.05, 4.69) is 40.6 Å². The van der Waals surface area contributed by atoms with Crippen molar-refractivity contribution in [1.29, 1.82) is 5.26 Å². The van der Waals surface area contributed by atoms with Crippen molar-refractivity contribution in [1.82, 2.24) is 10.2 Å². The number of carbonyl (C=O) groups excluding carboxylic acids is 1. The van der Waals surface area contributed by atoms with Crippen LogP contribution in [0, 0.1) is 11.3 Å². The molecule has 0 aromatic heterocycles. The normalized spacial score (nSPS) is 23.7. The van der Waals surface area contributed by atoms with E-state index in [0.29, 0.717) is 22.5 Å². The van der Waals surface area contributed by atoms with E-state index < -0.39 is 5.60 Å². The van der Waals surface area contributed by atoms with Crippen LogP contribution in [-0.2, 0) is 20.8 Å². The highest BCUT2D eigenvalue weighted by Gasteiger charge is 2.37. The van der Waals surface area contributed by atoms with E-state index in [-0.39, 0.29) is 5.91 Å². The zero-order chi connectivity index (χ0) is 22.9. The van der Waals surface area contributed by atoms with Gasteiger partial charge in [-0.1, -0.05) is 24.3 Å². The van der Waals surface area contributed by atoms with Crippen LogP contribution < -0.4 is 5.32 Å². The van der Waals surface area contributed by atoms with Crippen molar-refractivity contribution in [2.45, 2.75) is 39.8 Å². The smallest absolute Gasteiger partial charge is 0.259 e. The van der Waals surface area contributed by atoms with E-state index in [0.717, 1.165) is 49.7 Å². The minimum atomic E-state index is -0.579. The van der Waals surface area contributed by atoms with E-state index in [1.165, 1.54) is 5.56 Å². The molecule has 1 aromatic carbocycles.